The minimum absolute atomic E-state index is 0.00683. The number of carbonyl (C=O) groups excluding carboxylic acids is 2. The van der Waals surface area contributed by atoms with Crippen molar-refractivity contribution in [1.29, 1.82) is 0 Å². The molecule has 0 aliphatic carbocycles. The van der Waals surface area contributed by atoms with E-state index in [0.29, 0.717) is 0 Å². The van der Waals surface area contributed by atoms with Crippen LogP contribution in [0.3, 0.4) is 0 Å². The second-order valence-corrected chi connectivity index (χ2v) is 7.30. The van der Waals surface area contributed by atoms with Crippen LogP contribution in [0, 0.1) is 0 Å². The molecule has 0 aliphatic rings. The molecule has 0 N–H and O–H groups in total. The van der Waals surface area contributed by atoms with E-state index in [-0.39, 0.29) is 28.6 Å². The van der Waals surface area contributed by atoms with Crippen LogP contribution in [-0.2, 0) is 26.1 Å². The van der Waals surface area contributed by atoms with E-state index in [0.717, 1.165) is 4.31 Å². The van der Waals surface area contributed by atoms with E-state index in [2.05, 4.69) is 4.74 Å². The molecule has 0 atom stereocenters. The van der Waals surface area contributed by atoms with E-state index < -0.39 is 22.0 Å². The minimum Gasteiger partial charge on any atom is -0.463 e. The smallest absolute Gasteiger partial charge is 0.373 e. The number of rotatable bonds is 6. The SMILES string of the molecule is COC(=O)c1ccc(COC(=O)c2cccc(S(=O)(=O)N(C)C)c2)o1. The molecular weight excluding hydrogens is 350 g/mol. The van der Waals surface area contributed by atoms with Gasteiger partial charge in [-0.1, -0.05) is 6.07 Å². The Kier molecular flexibility index (Phi) is 5.60. The van der Waals surface area contributed by atoms with E-state index in [1.54, 1.807) is 0 Å². The summed E-state index contributed by atoms with van der Waals surface area (Å²) in [4.78, 5) is 23.4. The first-order valence-corrected chi connectivity index (χ1v) is 8.56. The van der Waals surface area contributed by atoms with Crippen LogP contribution in [0.25, 0.3) is 0 Å². The number of carbonyl (C=O) groups is 2. The second-order valence-electron chi connectivity index (χ2n) is 5.15. The molecule has 0 unspecified atom stereocenters. The Morgan fingerprint density at radius 3 is 2.48 bits per heavy atom. The number of nitrogens with zero attached hydrogens (tertiary/aromatic N) is 1. The van der Waals surface area contributed by atoms with Crippen molar-refractivity contribution in [2.24, 2.45) is 0 Å². The quantitative estimate of drug-likeness (QED) is 0.716. The number of methoxy groups -OCH3 is 1. The van der Waals surface area contributed by atoms with Gasteiger partial charge < -0.3 is 13.9 Å². The van der Waals surface area contributed by atoms with Gasteiger partial charge in [0, 0.05) is 14.1 Å². The van der Waals surface area contributed by atoms with Crippen molar-refractivity contribution in [2.75, 3.05) is 21.2 Å². The topological polar surface area (TPSA) is 103 Å². The van der Waals surface area contributed by atoms with Gasteiger partial charge in [-0.05, 0) is 30.3 Å². The lowest BCUT2D eigenvalue weighted by atomic mass is 10.2. The molecule has 0 saturated heterocycles. The Morgan fingerprint density at radius 1 is 1.12 bits per heavy atom. The Hall–Kier alpha value is -2.65. The van der Waals surface area contributed by atoms with Crippen molar-refractivity contribution in [3.8, 4) is 0 Å². The maximum atomic E-state index is 12.1. The average molecular weight is 367 g/mol. The third kappa shape index (κ3) is 4.25. The number of sulfonamides is 1. The maximum absolute atomic E-state index is 12.1. The predicted octanol–water partition coefficient (Wildman–Crippen LogP) is 1.67. The van der Waals surface area contributed by atoms with E-state index >= 15 is 0 Å². The van der Waals surface area contributed by atoms with Gasteiger partial charge in [0.1, 0.15) is 12.4 Å². The van der Waals surface area contributed by atoms with Gasteiger partial charge in [0.15, 0.2) is 0 Å². The van der Waals surface area contributed by atoms with E-state index in [1.807, 2.05) is 0 Å². The number of ether oxygens (including phenoxy) is 2. The van der Waals surface area contributed by atoms with Gasteiger partial charge in [-0.3, -0.25) is 0 Å². The van der Waals surface area contributed by atoms with Crippen LogP contribution < -0.4 is 0 Å². The fourth-order valence-corrected chi connectivity index (χ4v) is 2.83. The van der Waals surface area contributed by atoms with Crippen molar-refractivity contribution in [1.82, 2.24) is 4.31 Å². The molecular formula is C16H17NO7S. The van der Waals surface area contributed by atoms with Gasteiger partial charge in [-0.2, -0.15) is 0 Å². The molecule has 0 aliphatic heterocycles. The molecule has 25 heavy (non-hydrogen) atoms. The predicted molar refractivity (Wildman–Crippen MR) is 86.5 cm³/mol. The van der Waals surface area contributed by atoms with Crippen LogP contribution >= 0.6 is 0 Å². The lowest BCUT2D eigenvalue weighted by Crippen LogP contribution is -2.22. The average Bonchev–Trinajstić information content (AvgIpc) is 3.08. The molecule has 8 nitrogen and oxygen atoms in total. The standard InChI is InChI=1S/C16H17NO7S/c1-17(2)25(20,21)13-6-4-5-11(9-13)15(18)23-10-12-7-8-14(24-12)16(19)22-3/h4-9H,10H2,1-3H3. The zero-order valence-corrected chi connectivity index (χ0v) is 14.7. The highest BCUT2D eigenvalue weighted by Gasteiger charge is 2.19. The fraction of sp³-hybridized carbons (Fsp3) is 0.250. The summed E-state index contributed by atoms with van der Waals surface area (Å²) in [7, 11) is 0.366. The second kappa shape index (κ2) is 7.49. The molecule has 1 aromatic carbocycles. The van der Waals surface area contributed by atoms with Crippen LogP contribution in [0.1, 0.15) is 26.7 Å². The first-order valence-electron chi connectivity index (χ1n) is 7.12. The first-order chi connectivity index (χ1) is 11.8. The zero-order chi connectivity index (χ0) is 18.6. The minimum atomic E-state index is -3.65. The zero-order valence-electron chi connectivity index (χ0n) is 13.9. The first kappa shape index (κ1) is 18.7. The van der Waals surface area contributed by atoms with Gasteiger partial charge in [0.2, 0.25) is 15.8 Å². The molecule has 0 saturated carbocycles. The lowest BCUT2D eigenvalue weighted by molar-refractivity contribution is 0.0438. The van der Waals surface area contributed by atoms with Gasteiger partial charge in [-0.15, -0.1) is 0 Å². The van der Waals surface area contributed by atoms with Crippen molar-refractivity contribution < 1.29 is 31.9 Å². The molecule has 1 heterocycles. The van der Waals surface area contributed by atoms with Gasteiger partial charge >= 0.3 is 11.9 Å². The normalized spacial score (nSPS) is 11.4. The van der Waals surface area contributed by atoms with Crippen molar-refractivity contribution >= 4 is 22.0 Å². The van der Waals surface area contributed by atoms with Crippen LogP contribution in [0.2, 0.25) is 0 Å². The molecule has 2 aromatic rings. The number of benzene rings is 1. The van der Waals surface area contributed by atoms with E-state index in [9.17, 15) is 18.0 Å². The highest BCUT2D eigenvalue weighted by molar-refractivity contribution is 7.89. The van der Waals surface area contributed by atoms with Crippen LogP contribution in [0.5, 0.6) is 0 Å². The molecule has 0 bridgehead atoms. The van der Waals surface area contributed by atoms with Gasteiger partial charge in [0.25, 0.3) is 0 Å². The van der Waals surface area contributed by atoms with Crippen molar-refractivity contribution in [3.63, 3.8) is 0 Å². The molecule has 2 rings (SSSR count). The monoisotopic (exact) mass is 367 g/mol. The summed E-state index contributed by atoms with van der Waals surface area (Å²) < 4.78 is 40.0. The molecule has 1 aromatic heterocycles. The number of esters is 2. The van der Waals surface area contributed by atoms with Crippen LogP contribution in [-0.4, -0.2) is 45.9 Å². The van der Waals surface area contributed by atoms with Crippen molar-refractivity contribution in [2.45, 2.75) is 11.5 Å². The molecule has 0 fully saturated rings. The summed E-state index contributed by atoms with van der Waals surface area (Å²) in [5, 5.41) is 0. The van der Waals surface area contributed by atoms with Crippen LogP contribution in [0.4, 0.5) is 0 Å². The largest absolute Gasteiger partial charge is 0.463 e. The summed E-state index contributed by atoms with van der Waals surface area (Å²) in [5.41, 5.74) is 0.0858. The third-order valence-corrected chi connectivity index (χ3v) is 5.05. The molecule has 9 heteroatoms. The summed E-state index contributed by atoms with van der Waals surface area (Å²) in [6.07, 6.45) is 0. The Balaban J connectivity index is 2.09. The molecule has 0 amide bonds. The lowest BCUT2D eigenvalue weighted by Gasteiger charge is -2.12. The van der Waals surface area contributed by atoms with Crippen LogP contribution in [0.15, 0.2) is 45.7 Å². The summed E-state index contributed by atoms with van der Waals surface area (Å²) in [6, 6.07) is 8.40. The number of hydrogen-bond donors (Lipinski definition) is 0. The third-order valence-electron chi connectivity index (χ3n) is 3.24. The Morgan fingerprint density at radius 2 is 1.84 bits per heavy atom. The molecule has 0 spiro atoms. The fourth-order valence-electron chi connectivity index (χ4n) is 1.88. The van der Waals surface area contributed by atoms with E-state index in [4.69, 9.17) is 9.15 Å². The molecule has 134 valence electrons. The molecule has 0 radical (unpaired) electrons. The summed E-state index contributed by atoms with van der Waals surface area (Å²) in [6.45, 7) is -0.208. The highest BCUT2D eigenvalue weighted by Crippen LogP contribution is 2.16. The highest BCUT2D eigenvalue weighted by atomic mass is 32.2. The number of hydrogen-bond acceptors (Lipinski definition) is 7. The van der Waals surface area contributed by atoms with E-state index in [1.165, 1.54) is 57.6 Å². The van der Waals surface area contributed by atoms with Gasteiger partial charge in [-0.25, -0.2) is 22.3 Å². The van der Waals surface area contributed by atoms with Crippen molar-refractivity contribution in [3.05, 3.63) is 53.5 Å². The summed E-state index contributed by atoms with van der Waals surface area (Å²) >= 11 is 0. The number of furan rings is 1. The van der Waals surface area contributed by atoms with Gasteiger partial charge in [0.05, 0.1) is 17.6 Å². The summed E-state index contributed by atoms with van der Waals surface area (Å²) in [5.74, 6) is -1.11. The Labute approximate surface area is 145 Å². The maximum Gasteiger partial charge on any atom is 0.373 e. The Bertz CT molecular complexity index is 883.